The van der Waals surface area contributed by atoms with Crippen molar-refractivity contribution >= 4 is 0 Å². The second kappa shape index (κ2) is 19.7. The van der Waals surface area contributed by atoms with Crippen molar-refractivity contribution in [3.8, 4) is 0 Å². The van der Waals surface area contributed by atoms with Gasteiger partial charge in [0, 0.05) is 5.41 Å². The van der Waals surface area contributed by atoms with E-state index in [1.54, 1.807) is 0 Å². The summed E-state index contributed by atoms with van der Waals surface area (Å²) in [6, 6.07) is 0. The van der Waals surface area contributed by atoms with E-state index in [0.29, 0.717) is 0 Å². The predicted molar refractivity (Wildman–Crippen MR) is 185 cm³/mol. The van der Waals surface area contributed by atoms with Gasteiger partial charge in [0.25, 0.3) is 0 Å². The molecule has 0 spiro atoms. The van der Waals surface area contributed by atoms with Gasteiger partial charge in [-0.2, -0.15) is 0 Å². The average Bonchev–Trinajstić information content (AvgIpc) is 2.88. The molecule has 228 valence electrons. The van der Waals surface area contributed by atoms with Gasteiger partial charge in [0.05, 0.1) is 6.10 Å². The first kappa shape index (κ1) is 36.6. The first-order valence-corrected chi connectivity index (χ1v) is 16.0. The fourth-order valence-corrected chi connectivity index (χ4v) is 5.25. The van der Waals surface area contributed by atoms with Crippen LogP contribution in [0, 0.1) is 5.41 Å². The van der Waals surface area contributed by atoms with E-state index in [-0.39, 0.29) is 11.5 Å². The van der Waals surface area contributed by atoms with Crippen LogP contribution >= 0.6 is 0 Å². The van der Waals surface area contributed by atoms with Gasteiger partial charge in [-0.05, 0) is 125 Å². The minimum Gasteiger partial charge on any atom is -0.392 e. The standard InChI is InChI=1S/C40H62O/c1-31(2)17-13-20-34(5)23-15-25-35(6)24-14-21-32(3)18-11-12-19-33(4)22-16-26-36(7)27-29-38-37(8)28-30-39(41)40(38,9)10/h16-19,22-24,26-27,29,39,41H,11-15,20-21,25,28,30H2,1-10H3/b22-16+,29-27+,32-18+,33-19+,34-23+,35-24+,36-26+. The average molecular weight is 559 g/mol. The lowest BCUT2D eigenvalue weighted by Crippen LogP contribution is -2.34. The number of unbranched alkanes of at least 4 members (excludes halogenated alkanes) is 1. The minimum absolute atomic E-state index is 0.182. The van der Waals surface area contributed by atoms with Crippen LogP contribution in [-0.4, -0.2) is 11.2 Å². The molecule has 1 nitrogen and oxygen atoms in total. The second-order valence-corrected chi connectivity index (χ2v) is 13.1. The summed E-state index contributed by atoms with van der Waals surface area (Å²) in [5.74, 6) is 0. The Bertz CT molecular complexity index is 1080. The SMILES string of the molecule is CC(C)=CCC/C(C)=C/CC/C(C)=C/CC/C(C)=C/CC/C=C(C)/C=C/C=C(C)/C=C/C1=C(C)CCC(O)C1(C)C. The number of hydrogen-bond donors (Lipinski definition) is 1. The van der Waals surface area contributed by atoms with Gasteiger partial charge in [0.2, 0.25) is 0 Å². The highest BCUT2D eigenvalue weighted by molar-refractivity contribution is 5.38. The Kier molecular flexibility index (Phi) is 17.6. The smallest absolute Gasteiger partial charge is 0.0634 e. The molecule has 0 fully saturated rings. The van der Waals surface area contributed by atoms with Gasteiger partial charge >= 0.3 is 0 Å². The third kappa shape index (κ3) is 16.0. The molecule has 1 aliphatic rings. The Balaban J connectivity index is 2.41. The van der Waals surface area contributed by atoms with Gasteiger partial charge < -0.3 is 5.11 Å². The van der Waals surface area contributed by atoms with Crippen molar-refractivity contribution < 1.29 is 5.11 Å². The molecule has 0 bridgehead atoms. The van der Waals surface area contributed by atoms with E-state index in [4.69, 9.17) is 0 Å². The van der Waals surface area contributed by atoms with E-state index < -0.39 is 0 Å². The molecule has 0 radical (unpaired) electrons. The molecule has 41 heavy (non-hydrogen) atoms. The number of rotatable bonds is 16. The van der Waals surface area contributed by atoms with Crippen LogP contribution < -0.4 is 0 Å². The summed E-state index contributed by atoms with van der Waals surface area (Å²) in [6.45, 7) is 22.0. The zero-order chi connectivity index (χ0) is 30.8. The van der Waals surface area contributed by atoms with Crippen molar-refractivity contribution in [3.05, 3.63) is 105 Å². The van der Waals surface area contributed by atoms with Gasteiger partial charge in [-0.3, -0.25) is 0 Å². The molecular formula is C40H62O. The van der Waals surface area contributed by atoms with E-state index in [0.717, 1.165) is 51.4 Å². The first-order valence-electron chi connectivity index (χ1n) is 16.0. The summed E-state index contributed by atoms with van der Waals surface area (Å²) >= 11 is 0. The lowest BCUT2D eigenvalue weighted by atomic mass is 9.70. The maximum atomic E-state index is 10.4. The molecular weight excluding hydrogens is 496 g/mol. The highest BCUT2D eigenvalue weighted by atomic mass is 16.3. The molecule has 0 aliphatic heterocycles. The number of aliphatic hydroxyl groups excluding tert-OH is 1. The van der Waals surface area contributed by atoms with Crippen molar-refractivity contribution in [3.63, 3.8) is 0 Å². The summed E-state index contributed by atoms with van der Waals surface area (Å²) in [5, 5.41) is 10.4. The van der Waals surface area contributed by atoms with Gasteiger partial charge in [-0.1, -0.05) is 114 Å². The molecule has 0 aromatic heterocycles. The molecule has 1 aliphatic carbocycles. The lowest BCUT2D eigenvalue weighted by molar-refractivity contribution is 0.0607. The lowest BCUT2D eigenvalue weighted by Gasteiger charge is -2.37. The maximum absolute atomic E-state index is 10.4. The van der Waals surface area contributed by atoms with Crippen LogP contribution in [0.1, 0.15) is 133 Å². The molecule has 0 heterocycles. The third-order valence-electron chi connectivity index (χ3n) is 8.29. The molecule has 0 saturated carbocycles. The van der Waals surface area contributed by atoms with Gasteiger partial charge in [0.1, 0.15) is 0 Å². The third-order valence-corrected chi connectivity index (χ3v) is 8.29. The van der Waals surface area contributed by atoms with Crippen LogP contribution in [0.25, 0.3) is 0 Å². The Morgan fingerprint density at radius 3 is 1.78 bits per heavy atom. The molecule has 0 aromatic rings. The molecule has 1 N–H and O–H groups in total. The fraction of sp³-hybridized carbons (Fsp3) is 0.550. The fourth-order valence-electron chi connectivity index (χ4n) is 5.25. The van der Waals surface area contributed by atoms with Crippen LogP contribution in [0.2, 0.25) is 0 Å². The normalized spacial score (nSPS) is 19.6. The predicted octanol–water partition coefficient (Wildman–Crippen LogP) is 12.4. The second-order valence-electron chi connectivity index (χ2n) is 13.1. The summed E-state index contributed by atoms with van der Waals surface area (Å²) in [4.78, 5) is 0. The van der Waals surface area contributed by atoms with Crippen molar-refractivity contribution in [2.75, 3.05) is 0 Å². The summed E-state index contributed by atoms with van der Waals surface area (Å²) in [7, 11) is 0. The highest BCUT2D eigenvalue weighted by Gasteiger charge is 2.34. The van der Waals surface area contributed by atoms with Gasteiger partial charge in [-0.15, -0.1) is 0 Å². The minimum atomic E-state index is -0.266. The Morgan fingerprint density at radius 2 is 1.22 bits per heavy atom. The van der Waals surface area contributed by atoms with Crippen LogP contribution in [0.5, 0.6) is 0 Å². The van der Waals surface area contributed by atoms with Crippen LogP contribution in [0.15, 0.2) is 105 Å². The maximum Gasteiger partial charge on any atom is 0.0634 e. The van der Waals surface area contributed by atoms with Crippen LogP contribution in [-0.2, 0) is 0 Å². The topological polar surface area (TPSA) is 20.2 Å². The zero-order valence-electron chi connectivity index (χ0n) is 28.4. The first-order chi connectivity index (χ1) is 19.3. The highest BCUT2D eigenvalue weighted by Crippen LogP contribution is 2.41. The van der Waals surface area contributed by atoms with E-state index in [9.17, 15) is 5.11 Å². The van der Waals surface area contributed by atoms with E-state index in [2.05, 4.69) is 130 Å². The quantitative estimate of drug-likeness (QED) is 0.113. The molecule has 0 amide bonds. The van der Waals surface area contributed by atoms with E-state index in [1.807, 2.05) is 0 Å². The van der Waals surface area contributed by atoms with Crippen LogP contribution in [0.4, 0.5) is 0 Å². The van der Waals surface area contributed by atoms with Gasteiger partial charge in [-0.25, -0.2) is 0 Å². The zero-order valence-corrected chi connectivity index (χ0v) is 28.4. The van der Waals surface area contributed by atoms with Crippen molar-refractivity contribution in [1.29, 1.82) is 0 Å². The molecule has 1 rings (SSSR count). The largest absolute Gasteiger partial charge is 0.392 e. The summed E-state index contributed by atoms with van der Waals surface area (Å²) in [5.41, 5.74) is 11.0. The van der Waals surface area contributed by atoms with Crippen molar-refractivity contribution in [2.24, 2.45) is 5.41 Å². The van der Waals surface area contributed by atoms with Crippen LogP contribution in [0.3, 0.4) is 0 Å². The van der Waals surface area contributed by atoms with E-state index in [1.165, 1.54) is 57.4 Å². The summed E-state index contributed by atoms with van der Waals surface area (Å²) < 4.78 is 0. The Labute approximate surface area is 255 Å². The Morgan fingerprint density at radius 1 is 0.707 bits per heavy atom. The molecule has 0 aromatic carbocycles. The van der Waals surface area contributed by atoms with E-state index >= 15 is 0 Å². The molecule has 1 heteroatoms. The number of aliphatic hydroxyl groups is 1. The van der Waals surface area contributed by atoms with Crippen molar-refractivity contribution in [2.45, 2.75) is 140 Å². The monoisotopic (exact) mass is 558 g/mol. The number of hydrogen-bond acceptors (Lipinski definition) is 1. The Hall–Kier alpha value is -2.38. The molecule has 0 saturated heterocycles. The van der Waals surface area contributed by atoms with Gasteiger partial charge in [0.15, 0.2) is 0 Å². The molecule has 1 atom stereocenters. The summed E-state index contributed by atoms with van der Waals surface area (Å²) in [6.07, 6.45) is 33.5. The number of allylic oxidation sites excluding steroid dienone is 17. The molecule has 1 unspecified atom stereocenters. The van der Waals surface area contributed by atoms with Crippen molar-refractivity contribution in [1.82, 2.24) is 0 Å².